The van der Waals surface area contributed by atoms with E-state index in [-0.39, 0.29) is 10.5 Å². The first-order valence-electron chi connectivity index (χ1n) is 7.29. The van der Waals surface area contributed by atoms with Crippen LogP contribution in [0.5, 0.6) is 0 Å². The molecule has 1 amide bonds. The molecule has 1 atom stereocenters. The number of hydrogen-bond donors (Lipinski definition) is 0. The minimum atomic E-state index is -1.06. The highest BCUT2D eigenvalue weighted by Crippen LogP contribution is 2.45. The van der Waals surface area contributed by atoms with Gasteiger partial charge in [0.1, 0.15) is 17.2 Å². The largest absolute Gasteiger partial charge is 0.529 e. The van der Waals surface area contributed by atoms with Crippen LogP contribution in [0.25, 0.3) is 0 Å². The number of rotatable bonds is 4. The fourth-order valence-electron chi connectivity index (χ4n) is 3.05. The van der Waals surface area contributed by atoms with E-state index >= 15 is 0 Å². The third-order valence-corrected chi connectivity index (χ3v) is 6.08. The van der Waals surface area contributed by atoms with Crippen molar-refractivity contribution in [3.05, 3.63) is 17.0 Å². The van der Waals surface area contributed by atoms with Crippen LogP contribution in [0, 0.1) is 0 Å². The summed E-state index contributed by atoms with van der Waals surface area (Å²) in [6.45, 7) is 4.50. The Hall–Kier alpha value is -1.03. The zero-order valence-electron chi connectivity index (χ0n) is 11.9. The highest BCUT2D eigenvalue weighted by atomic mass is 32.2. The van der Waals surface area contributed by atoms with Gasteiger partial charge in [0.25, 0.3) is 5.00 Å². The third-order valence-electron chi connectivity index (χ3n) is 4.04. The van der Waals surface area contributed by atoms with E-state index in [2.05, 4.69) is 18.4 Å². The predicted octanol–water partition coefficient (Wildman–Crippen LogP) is 3.67. The summed E-state index contributed by atoms with van der Waals surface area (Å²) in [5.74, 6) is 1.53. The molecule has 0 aliphatic heterocycles. The molecule has 19 heavy (non-hydrogen) atoms. The van der Waals surface area contributed by atoms with Gasteiger partial charge in [0.2, 0.25) is 0 Å². The lowest BCUT2D eigenvalue weighted by Gasteiger charge is -2.25. The normalized spacial score (nSPS) is 17.5. The van der Waals surface area contributed by atoms with Gasteiger partial charge in [-0.05, 0) is 32.6 Å². The van der Waals surface area contributed by atoms with Crippen LogP contribution in [0.4, 0.5) is 9.80 Å². The van der Waals surface area contributed by atoms with Gasteiger partial charge >= 0.3 is 0 Å². The van der Waals surface area contributed by atoms with Crippen molar-refractivity contribution in [3.63, 3.8) is 0 Å². The van der Waals surface area contributed by atoms with Crippen LogP contribution in [0.2, 0.25) is 0 Å². The topological polar surface area (TPSA) is 43.4 Å². The first-order chi connectivity index (χ1) is 9.19. The minimum absolute atomic E-state index is 0.0502. The second-order valence-corrected chi connectivity index (χ2v) is 7.22. The van der Waals surface area contributed by atoms with Crippen LogP contribution in [-0.4, -0.2) is 12.6 Å². The fourth-order valence-corrected chi connectivity index (χ4v) is 4.98. The molecule has 1 unspecified atom stereocenters. The van der Waals surface area contributed by atoms with E-state index in [1.54, 1.807) is 0 Å². The van der Waals surface area contributed by atoms with Crippen LogP contribution in [-0.2, 0) is 5.75 Å². The maximum atomic E-state index is 11.4. The van der Waals surface area contributed by atoms with Gasteiger partial charge in [-0.25, -0.2) is 0 Å². The zero-order valence-corrected chi connectivity index (χ0v) is 12.7. The SMILES string of the molecule is CCN(C(=O)[O-])c1c(C2CCCCC2)cc[s+]1CC. The molecule has 1 heterocycles. The number of carbonyl (C=O) groups excluding carboxylic acids is 1. The maximum Gasteiger partial charge on any atom is 0.251 e. The molecule has 1 saturated carbocycles. The van der Waals surface area contributed by atoms with Gasteiger partial charge in [0.05, 0.1) is 0 Å². The molecule has 0 N–H and O–H groups in total. The minimum Gasteiger partial charge on any atom is -0.529 e. The van der Waals surface area contributed by atoms with Crippen LogP contribution in [0.1, 0.15) is 57.4 Å². The number of hydrogen-bond acceptors (Lipinski definition) is 2. The summed E-state index contributed by atoms with van der Waals surface area (Å²) in [6.07, 6.45) is 5.21. The number of carboxylic acid groups (broad SMARTS) is 1. The molecule has 1 aromatic rings. The standard InChI is InChI=1S/C15H23NO2S/c1-3-16(15(17)18)14-13(10-11-19(14)4-2)12-8-6-5-7-9-12/h10-12H,3-9H2,1-2H3. The summed E-state index contributed by atoms with van der Waals surface area (Å²) in [6, 6.07) is 2.18. The molecular formula is C15H23NO2S. The average Bonchev–Trinajstić information content (AvgIpc) is 2.84. The second kappa shape index (κ2) is 6.42. The van der Waals surface area contributed by atoms with Crippen molar-refractivity contribution in [1.82, 2.24) is 0 Å². The second-order valence-electron chi connectivity index (χ2n) is 5.13. The number of amides is 1. The third kappa shape index (κ3) is 2.94. The molecule has 106 valence electrons. The van der Waals surface area contributed by atoms with E-state index in [9.17, 15) is 9.90 Å². The van der Waals surface area contributed by atoms with E-state index in [1.807, 2.05) is 6.92 Å². The van der Waals surface area contributed by atoms with Gasteiger partial charge in [-0.15, -0.1) is 0 Å². The Labute approximate surface area is 118 Å². The summed E-state index contributed by atoms with van der Waals surface area (Å²) in [7, 11) is -0.0502. The van der Waals surface area contributed by atoms with E-state index in [4.69, 9.17) is 0 Å². The molecule has 3 nitrogen and oxygen atoms in total. The Kier molecular flexibility index (Phi) is 4.86. The lowest BCUT2D eigenvalue weighted by atomic mass is 9.85. The van der Waals surface area contributed by atoms with Crippen LogP contribution in [0.15, 0.2) is 11.4 Å². The summed E-state index contributed by atoms with van der Waals surface area (Å²) in [5, 5.41) is 14.6. The van der Waals surface area contributed by atoms with E-state index in [0.717, 1.165) is 10.8 Å². The molecule has 0 aromatic carbocycles. The van der Waals surface area contributed by atoms with Crippen LogP contribution < -0.4 is 10.0 Å². The van der Waals surface area contributed by atoms with Crippen LogP contribution in [0.3, 0.4) is 0 Å². The van der Waals surface area contributed by atoms with E-state index in [1.165, 1.54) is 42.6 Å². The number of anilines is 1. The van der Waals surface area contributed by atoms with Gasteiger partial charge in [0.15, 0.2) is 0 Å². The van der Waals surface area contributed by atoms with Gasteiger partial charge in [-0.2, -0.15) is 0 Å². The van der Waals surface area contributed by atoms with Crippen molar-refractivity contribution >= 4 is 21.6 Å². The molecule has 1 aliphatic carbocycles. The predicted molar refractivity (Wildman–Crippen MR) is 78.8 cm³/mol. The molecule has 0 bridgehead atoms. The smallest absolute Gasteiger partial charge is 0.251 e. The molecule has 1 fully saturated rings. The Morgan fingerprint density at radius 2 is 2.05 bits per heavy atom. The number of nitrogens with zero attached hydrogens (tertiary/aromatic N) is 1. The molecule has 0 spiro atoms. The molecule has 2 rings (SSSR count). The highest BCUT2D eigenvalue weighted by Gasteiger charge is 2.30. The summed E-state index contributed by atoms with van der Waals surface area (Å²) in [4.78, 5) is 12.8. The molecular weight excluding hydrogens is 258 g/mol. The average molecular weight is 281 g/mol. The molecule has 0 saturated heterocycles. The van der Waals surface area contributed by atoms with Crippen molar-refractivity contribution in [3.8, 4) is 0 Å². The summed E-state index contributed by atoms with van der Waals surface area (Å²) < 4.78 is 0. The molecule has 1 aromatic heterocycles. The van der Waals surface area contributed by atoms with Crippen molar-refractivity contribution in [1.29, 1.82) is 0 Å². The van der Waals surface area contributed by atoms with E-state index < -0.39 is 6.09 Å². The van der Waals surface area contributed by atoms with Crippen LogP contribution >= 0.6 is 10.5 Å². The fraction of sp³-hybridized carbons (Fsp3) is 0.667. The lowest BCUT2D eigenvalue weighted by Crippen LogP contribution is -2.41. The first-order valence-corrected chi connectivity index (χ1v) is 8.75. The van der Waals surface area contributed by atoms with E-state index in [0.29, 0.717) is 12.5 Å². The van der Waals surface area contributed by atoms with Gasteiger partial charge in [0, 0.05) is 28.6 Å². The zero-order chi connectivity index (χ0) is 13.8. The highest BCUT2D eigenvalue weighted by molar-refractivity contribution is 7.33. The van der Waals surface area contributed by atoms with Crippen molar-refractivity contribution in [2.24, 2.45) is 0 Å². The monoisotopic (exact) mass is 281 g/mol. The van der Waals surface area contributed by atoms with Crippen molar-refractivity contribution in [2.45, 2.75) is 57.6 Å². The van der Waals surface area contributed by atoms with Gasteiger partial charge in [-0.3, -0.25) is 4.90 Å². The van der Waals surface area contributed by atoms with Crippen molar-refractivity contribution < 1.29 is 9.90 Å². The number of carbonyl (C=O) groups is 1. The summed E-state index contributed by atoms with van der Waals surface area (Å²) >= 11 is 0. The van der Waals surface area contributed by atoms with Gasteiger partial charge in [-0.1, -0.05) is 19.3 Å². The molecule has 4 heteroatoms. The Balaban J connectivity index is 2.37. The maximum absolute atomic E-state index is 11.4. The number of thiophene rings is 1. The summed E-state index contributed by atoms with van der Waals surface area (Å²) in [5.41, 5.74) is 1.27. The quantitative estimate of drug-likeness (QED) is 0.790. The number of aryl methyl sites for hydroxylation is 1. The van der Waals surface area contributed by atoms with Crippen molar-refractivity contribution in [2.75, 3.05) is 11.4 Å². The first kappa shape index (κ1) is 14.4. The lowest BCUT2D eigenvalue weighted by molar-refractivity contribution is -0.246. The molecule has 0 radical (unpaired) electrons. The van der Waals surface area contributed by atoms with Gasteiger partial charge < -0.3 is 9.90 Å². The molecule has 1 aliphatic rings. The Morgan fingerprint density at radius 1 is 1.37 bits per heavy atom. The Bertz CT molecular complexity index is 435. The Morgan fingerprint density at radius 3 is 2.58 bits per heavy atom.